The molecule has 1 aromatic heterocycles. The molecule has 0 aromatic carbocycles. The Hall–Kier alpha value is -1.84. The third kappa shape index (κ3) is 1.46. The van der Waals surface area contributed by atoms with Crippen molar-refractivity contribution >= 4 is 11.6 Å². The van der Waals surface area contributed by atoms with Crippen molar-refractivity contribution < 1.29 is 9.21 Å². The van der Waals surface area contributed by atoms with Crippen LogP contribution < -0.4 is 5.43 Å². The standard InChI is InChI=1S/C12H12N2O2/c15-12(11-5-2-6-16-11)14-13-10-7-8-3-1-4-9(8)10/h1-3,5-6,8-9H,4,7H2,(H,14,15)/t8-,9+/m1/s1. The molecule has 0 spiro atoms. The van der Waals surface area contributed by atoms with Gasteiger partial charge >= 0.3 is 5.91 Å². The Bertz CT molecular complexity index is 459. The molecular weight excluding hydrogens is 204 g/mol. The summed E-state index contributed by atoms with van der Waals surface area (Å²) in [5.41, 5.74) is 3.62. The van der Waals surface area contributed by atoms with Crippen molar-refractivity contribution in [2.24, 2.45) is 16.9 Å². The summed E-state index contributed by atoms with van der Waals surface area (Å²) in [5.74, 6) is 1.19. The van der Waals surface area contributed by atoms with Crippen LogP contribution in [0.3, 0.4) is 0 Å². The van der Waals surface area contributed by atoms with Gasteiger partial charge in [-0.05, 0) is 30.9 Å². The molecule has 0 bridgehead atoms. The van der Waals surface area contributed by atoms with E-state index in [-0.39, 0.29) is 5.91 Å². The summed E-state index contributed by atoms with van der Waals surface area (Å²) >= 11 is 0. The Labute approximate surface area is 93.0 Å². The van der Waals surface area contributed by atoms with E-state index < -0.39 is 0 Å². The molecule has 1 fully saturated rings. The second-order valence-corrected chi connectivity index (χ2v) is 4.16. The van der Waals surface area contributed by atoms with Gasteiger partial charge in [0.05, 0.1) is 6.26 Å². The first-order valence-electron chi connectivity index (χ1n) is 5.41. The zero-order valence-electron chi connectivity index (χ0n) is 8.72. The molecule has 1 amide bonds. The van der Waals surface area contributed by atoms with Gasteiger partial charge in [-0.15, -0.1) is 0 Å². The molecular formula is C12H12N2O2. The van der Waals surface area contributed by atoms with Crippen LogP contribution in [0.4, 0.5) is 0 Å². The summed E-state index contributed by atoms with van der Waals surface area (Å²) in [6.07, 6.45) is 7.92. The summed E-state index contributed by atoms with van der Waals surface area (Å²) in [7, 11) is 0. The van der Waals surface area contributed by atoms with Crippen molar-refractivity contribution in [1.29, 1.82) is 0 Å². The van der Waals surface area contributed by atoms with Crippen molar-refractivity contribution in [3.63, 3.8) is 0 Å². The molecule has 0 unspecified atom stereocenters. The van der Waals surface area contributed by atoms with Gasteiger partial charge in [-0.25, -0.2) is 5.43 Å². The lowest BCUT2D eigenvalue weighted by Gasteiger charge is -2.31. The van der Waals surface area contributed by atoms with Gasteiger partial charge in [0, 0.05) is 11.6 Å². The average Bonchev–Trinajstić information content (AvgIpc) is 2.88. The second kappa shape index (κ2) is 3.63. The lowest BCUT2D eigenvalue weighted by molar-refractivity contribution is 0.0926. The van der Waals surface area contributed by atoms with Crippen LogP contribution in [0.2, 0.25) is 0 Å². The molecule has 0 saturated heterocycles. The number of hydrogen-bond donors (Lipinski definition) is 1. The van der Waals surface area contributed by atoms with Gasteiger partial charge in [0.2, 0.25) is 0 Å². The van der Waals surface area contributed by atoms with Gasteiger partial charge in [-0.2, -0.15) is 5.10 Å². The number of nitrogens with zero attached hydrogens (tertiary/aromatic N) is 1. The van der Waals surface area contributed by atoms with Gasteiger partial charge in [-0.3, -0.25) is 4.79 Å². The van der Waals surface area contributed by atoms with Gasteiger partial charge < -0.3 is 4.42 Å². The minimum Gasteiger partial charge on any atom is -0.459 e. The molecule has 1 saturated carbocycles. The molecule has 2 atom stereocenters. The van der Waals surface area contributed by atoms with Gasteiger partial charge in [0.15, 0.2) is 5.76 Å². The smallest absolute Gasteiger partial charge is 0.307 e. The number of hydrogen-bond acceptors (Lipinski definition) is 3. The molecule has 2 aliphatic carbocycles. The van der Waals surface area contributed by atoms with E-state index in [0.29, 0.717) is 17.6 Å². The highest BCUT2D eigenvalue weighted by molar-refractivity contribution is 5.96. The average molecular weight is 216 g/mol. The van der Waals surface area contributed by atoms with Crippen LogP contribution in [0.25, 0.3) is 0 Å². The molecule has 0 radical (unpaired) electrons. The maximum atomic E-state index is 11.5. The summed E-state index contributed by atoms with van der Waals surface area (Å²) in [4.78, 5) is 11.5. The van der Waals surface area contributed by atoms with Crippen LogP contribution in [-0.2, 0) is 0 Å². The Morgan fingerprint density at radius 2 is 2.50 bits per heavy atom. The van der Waals surface area contributed by atoms with Gasteiger partial charge in [0.1, 0.15) is 0 Å². The number of amides is 1. The maximum Gasteiger partial charge on any atom is 0.307 e. The van der Waals surface area contributed by atoms with E-state index in [1.807, 2.05) is 0 Å². The molecule has 3 rings (SSSR count). The molecule has 1 aromatic rings. The molecule has 4 heteroatoms. The van der Waals surface area contributed by atoms with E-state index in [9.17, 15) is 4.79 Å². The fourth-order valence-corrected chi connectivity index (χ4v) is 2.25. The van der Waals surface area contributed by atoms with E-state index in [1.54, 1.807) is 12.1 Å². The number of nitrogens with one attached hydrogen (secondary N) is 1. The predicted octanol–water partition coefficient (Wildman–Crippen LogP) is 1.96. The normalized spacial score (nSPS) is 28.9. The topological polar surface area (TPSA) is 54.6 Å². The molecule has 82 valence electrons. The largest absolute Gasteiger partial charge is 0.459 e. The van der Waals surface area contributed by atoms with Gasteiger partial charge in [0.25, 0.3) is 0 Å². The van der Waals surface area contributed by atoms with Crippen LogP contribution >= 0.6 is 0 Å². The van der Waals surface area contributed by atoms with Crippen LogP contribution in [-0.4, -0.2) is 11.6 Å². The second-order valence-electron chi connectivity index (χ2n) is 4.16. The highest BCUT2D eigenvalue weighted by Gasteiger charge is 2.38. The lowest BCUT2D eigenvalue weighted by Crippen LogP contribution is -2.35. The van der Waals surface area contributed by atoms with Crippen molar-refractivity contribution in [3.8, 4) is 0 Å². The molecule has 16 heavy (non-hydrogen) atoms. The van der Waals surface area contributed by atoms with Crippen LogP contribution in [0.15, 0.2) is 40.1 Å². The molecule has 2 aliphatic rings. The van der Waals surface area contributed by atoms with E-state index in [2.05, 4.69) is 22.7 Å². The number of rotatable bonds is 2. The molecule has 1 N–H and O–H groups in total. The third-order valence-corrected chi connectivity index (χ3v) is 3.21. The Balaban J connectivity index is 1.61. The minimum absolute atomic E-state index is 0.285. The van der Waals surface area contributed by atoms with Crippen molar-refractivity contribution in [1.82, 2.24) is 5.43 Å². The first-order valence-corrected chi connectivity index (χ1v) is 5.41. The first kappa shape index (κ1) is 9.39. The van der Waals surface area contributed by atoms with E-state index >= 15 is 0 Å². The maximum absolute atomic E-state index is 11.5. The van der Waals surface area contributed by atoms with E-state index in [0.717, 1.165) is 18.6 Å². The van der Waals surface area contributed by atoms with Gasteiger partial charge in [-0.1, -0.05) is 12.2 Å². The fourth-order valence-electron chi connectivity index (χ4n) is 2.25. The zero-order chi connectivity index (χ0) is 11.0. The summed E-state index contributed by atoms with van der Waals surface area (Å²) in [5, 5.41) is 4.15. The number of hydrazone groups is 1. The quantitative estimate of drug-likeness (QED) is 0.607. The number of fused-ring (bicyclic) bond motifs is 1. The highest BCUT2D eigenvalue weighted by Crippen LogP contribution is 2.39. The lowest BCUT2D eigenvalue weighted by atomic mass is 9.74. The summed E-state index contributed by atoms with van der Waals surface area (Å²) in [6.45, 7) is 0. The fraction of sp³-hybridized carbons (Fsp3) is 0.333. The number of carbonyl (C=O) groups is 1. The summed E-state index contributed by atoms with van der Waals surface area (Å²) in [6, 6.07) is 3.30. The highest BCUT2D eigenvalue weighted by atomic mass is 16.3. The molecule has 1 heterocycles. The van der Waals surface area contributed by atoms with Crippen molar-refractivity contribution in [2.45, 2.75) is 12.8 Å². The van der Waals surface area contributed by atoms with Crippen LogP contribution in [0.5, 0.6) is 0 Å². The zero-order valence-corrected chi connectivity index (χ0v) is 8.72. The Morgan fingerprint density at radius 3 is 3.25 bits per heavy atom. The first-order chi connectivity index (χ1) is 7.84. The van der Waals surface area contributed by atoms with E-state index in [4.69, 9.17) is 4.42 Å². The SMILES string of the molecule is O=C(NN=C1C[C@H]2C=CC[C@H]12)c1ccco1. The Morgan fingerprint density at radius 1 is 1.56 bits per heavy atom. The number of furan rings is 1. The van der Waals surface area contributed by atoms with Crippen LogP contribution in [0, 0.1) is 11.8 Å². The number of carbonyl (C=O) groups excluding carboxylic acids is 1. The number of allylic oxidation sites excluding steroid dienone is 2. The molecule has 0 aliphatic heterocycles. The third-order valence-electron chi connectivity index (χ3n) is 3.21. The van der Waals surface area contributed by atoms with Crippen LogP contribution in [0.1, 0.15) is 23.4 Å². The Kier molecular flexibility index (Phi) is 2.13. The van der Waals surface area contributed by atoms with E-state index in [1.165, 1.54) is 6.26 Å². The minimum atomic E-state index is -0.285. The summed E-state index contributed by atoms with van der Waals surface area (Å²) < 4.78 is 4.97. The monoisotopic (exact) mass is 216 g/mol. The van der Waals surface area contributed by atoms with Crippen molar-refractivity contribution in [3.05, 3.63) is 36.3 Å². The molecule has 4 nitrogen and oxygen atoms in total. The predicted molar refractivity (Wildman–Crippen MR) is 59.0 cm³/mol. The van der Waals surface area contributed by atoms with Crippen molar-refractivity contribution in [2.75, 3.05) is 0 Å².